The molecule has 4 rings (SSSR count). The minimum Gasteiger partial charge on any atom is -0.360 e. The second kappa shape index (κ2) is 6.46. The number of ketones is 1. The van der Waals surface area contributed by atoms with Gasteiger partial charge in [0.25, 0.3) is 5.91 Å². The smallest absolute Gasteiger partial charge is 0.254 e. The van der Waals surface area contributed by atoms with Gasteiger partial charge in [0.2, 0.25) is 5.78 Å². The SMILES string of the molecule is CN1CCN(C(=O)c2csc(C(=O)c3c[nH]c4ccccc34)c2)CC1. The molecule has 0 spiro atoms. The number of rotatable bonds is 3. The minimum absolute atomic E-state index is 0.0160. The van der Waals surface area contributed by atoms with Crippen molar-refractivity contribution in [2.75, 3.05) is 33.2 Å². The lowest BCUT2D eigenvalue weighted by molar-refractivity contribution is 0.0664. The number of fused-ring (bicyclic) bond motifs is 1. The van der Waals surface area contributed by atoms with Crippen LogP contribution in [0.3, 0.4) is 0 Å². The van der Waals surface area contributed by atoms with E-state index < -0.39 is 0 Å². The molecule has 1 saturated heterocycles. The average molecular weight is 353 g/mol. The maximum absolute atomic E-state index is 12.8. The summed E-state index contributed by atoms with van der Waals surface area (Å²) in [6.07, 6.45) is 1.74. The molecule has 1 aromatic carbocycles. The Morgan fingerprint density at radius 2 is 1.88 bits per heavy atom. The lowest BCUT2D eigenvalue weighted by atomic mass is 10.1. The minimum atomic E-state index is -0.0418. The van der Waals surface area contributed by atoms with Crippen LogP contribution >= 0.6 is 11.3 Å². The molecule has 1 aliphatic rings. The van der Waals surface area contributed by atoms with Gasteiger partial charge in [0.05, 0.1) is 10.4 Å². The highest BCUT2D eigenvalue weighted by Gasteiger charge is 2.23. The van der Waals surface area contributed by atoms with Gasteiger partial charge in [-0.05, 0) is 19.2 Å². The fraction of sp³-hybridized carbons (Fsp3) is 0.263. The summed E-state index contributed by atoms with van der Waals surface area (Å²) in [6.45, 7) is 3.24. The highest BCUT2D eigenvalue weighted by atomic mass is 32.1. The van der Waals surface area contributed by atoms with Crippen molar-refractivity contribution in [2.45, 2.75) is 0 Å². The van der Waals surface area contributed by atoms with Gasteiger partial charge in [-0.1, -0.05) is 18.2 Å². The number of benzene rings is 1. The van der Waals surface area contributed by atoms with E-state index in [1.807, 2.05) is 29.2 Å². The number of likely N-dealkylation sites (N-methyl/N-ethyl adjacent to an activating group) is 1. The Morgan fingerprint density at radius 3 is 2.68 bits per heavy atom. The van der Waals surface area contributed by atoms with Gasteiger partial charge < -0.3 is 14.8 Å². The van der Waals surface area contributed by atoms with Crippen molar-refractivity contribution in [1.29, 1.82) is 0 Å². The maximum Gasteiger partial charge on any atom is 0.254 e. The van der Waals surface area contributed by atoms with E-state index in [2.05, 4.69) is 16.9 Å². The fourth-order valence-corrected chi connectivity index (χ4v) is 3.99. The number of nitrogens with one attached hydrogen (secondary N) is 1. The van der Waals surface area contributed by atoms with E-state index in [9.17, 15) is 9.59 Å². The molecule has 2 aromatic heterocycles. The number of H-pyrrole nitrogens is 1. The van der Waals surface area contributed by atoms with E-state index >= 15 is 0 Å². The first-order chi connectivity index (χ1) is 12.1. The van der Waals surface area contributed by atoms with Crippen molar-refractivity contribution < 1.29 is 9.59 Å². The zero-order valence-electron chi connectivity index (χ0n) is 14.0. The Bertz CT molecular complexity index is 935. The molecule has 5 nitrogen and oxygen atoms in total. The first-order valence-corrected chi connectivity index (χ1v) is 9.18. The summed E-state index contributed by atoms with van der Waals surface area (Å²) in [5, 5.41) is 2.70. The summed E-state index contributed by atoms with van der Waals surface area (Å²) in [7, 11) is 2.06. The van der Waals surface area contributed by atoms with Gasteiger partial charge in [-0.25, -0.2) is 0 Å². The van der Waals surface area contributed by atoms with Crippen molar-refractivity contribution in [3.05, 3.63) is 57.9 Å². The van der Waals surface area contributed by atoms with Crippen LogP contribution in [0, 0.1) is 0 Å². The molecule has 0 radical (unpaired) electrons. The predicted molar refractivity (Wildman–Crippen MR) is 99.5 cm³/mol. The molecule has 1 aliphatic heterocycles. The number of hydrogen-bond donors (Lipinski definition) is 1. The molecule has 25 heavy (non-hydrogen) atoms. The van der Waals surface area contributed by atoms with Crippen LogP contribution in [0.4, 0.5) is 0 Å². The molecule has 3 heterocycles. The van der Waals surface area contributed by atoms with Crippen LogP contribution in [0.2, 0.25) is 0 Å². The van der Waals surface area contributed by atoms with Crippen LogP contribution in [-0.4, -0.2) is 59.7 Å². The van der Waals surface area contributed by atoms with Crippen LogP contribution in [0.5, 0.6) is 0 Å². The molecule has 0 atom stereocenters. The Kier molecular flexibility index (Phi) is 4.15. The highest BCUT2D eigenvalue weighted by molar-refractivity contribution is 7.12. The van der Waals surface area contributed by atoms with E-state index in [0.29, 0.717) is 16.0 Å². The van der Waals surface area contributed by atoms with Crippen molar-refractivity contribution >= 4 is 33.9 Å². The number of nitrogens with zero attached hydrogens (tertiary/aromatic N) is 2. The molecular formula is C19H19N3O2S. The number of aromatic amines is 1. The molecule has 0 saturated carbocycles. The van der Waals surface area contributed by atoms with E-state index in [-0.39, 0.29) is 11.7 Å². The summed E-state index contributed by atoms with van der Waals surface area (Å²) in [4.78, 5) is 33.3. The molecule has 1 N–H and O–H groups in total. The van der Waals surface area contributed by atoms with Crippen LogP contribution in [0.1, 0.15) is 25.6 Å². The Hall–Kier alpha value is -2.44. The monoisotopic (exact) mass is 353 g/mol. The molecule has 3 aromatic rings. The summed E-state index contributed by atoms with van der Waals surface area (Å²) in [6, 6.07) is 9.47. The van der Waals surface area contributed by atoms with Crippen LogP contribution in [-0.2, 0) is 0 Å². The zero-order valence-corrected chi connectivity index (χ0v) is 14.8. The topological polar surface area (TPSA) is 56.4 Å². The van der Waals surface area contributed by atoms with Gasteiger partial charge >= 0.3 is 0 Å². The lowest BCUT2D eigenvalue weighted by Crippen LogP contribution is -2.47. The molecule has 0 aliphatic carbocycles. The Morgan fingerprint density at radius 1 is 1.12 bits per heavy atom. The molecule has 6 heteroatoms. The third kappa shape index (κ3) is 2.99. The van der Waals surface area contributed by atoms with Gasteiger partial charge in [0.1, 0.15) is 0 Å². The van der Waals surface area contributed by atoms with Gasteiger partial charge in [-0.3, -0.25) is 9.59 Å². The van der Waals surface area contributed by atoms with Crippen molar-refractivity contribution in [1.82, 2.24) is 14.8 Å². The molecule has 128 valence electrons. The first-order valence-electron chi connectivity index (χ1n) is 8.30. The van der Waals surface area contributed by atoms with Gasteiger partial charge in [-0.15, -0.1) is 11.3 Å². The Labute approximate surface area is 149 Å². The number of para-hydroxylation sites is 1. The van der Waals surface area contributed by atoms with E-state index in [1.54, 1.807) is 17.6 Å². The number of amides is 1. The van der Waals surface area contributed by atoms with Crippen molar-refractivity contribution in [2.24, 2.45) is 0 Å². The number of piperazine rings is 1. The van der Waals surface area contributed by atoms with E-state index in [1.165, 1.54) is 11.3 Å². The number of aromatic nitrogens is 1. The first kappa shape index (κ1) is 16.1. The van der Waals surface area contributed by atoms with Crippen LogP contribution in [0.15, 0.2) is 41.9 Å². The summed E-state index contributed by atoms with van der Waals surface area (Å²) < 4.78 is 0. The van der Waals surface area contributed by atoms with E-state index in [0.717, 1.165) is 37.1 Å². The van der Waals surface area contributed by atoms with Gasteiger partial charge in [0, 0.05) is 54.2 Å². The van der Waals surface area contributed by atoms with Crippen LogP contribution < -0.4 is 0 Å². The predicted octanol–water partition coefficient (Wildman–Crippen LogP) is 2.85. The largest absolute Gasteiger partial charge is 0.360 e. The average Bonchev–Trinajstić information content (AvgIpc) is 3.29. The third-order valence-electron chi connectivity index (χ3n) is 4.69. The molecule has 1 fully saturated rings. The maximum atomic E-state index is 12.8. The normalized spacial score (nSPS) is 15.6. The fourth-order valence-electron chi connectivity index (χ4n) is 3.15. The lowest BCUT2D eigenvalue weighted by Gasteiger charge is -2.32. The Balaban J connectivity index is 1.56. The molecular weight excluding hydrogens is 334 g/mol. The van der Waals surface area contributed by atoms with Gasteiger partial charge in [-0.2, -0.15) is 0 Å². The summed E-state index contributed by atoms with van der Waals surface area (Å²) in [5.74, 6) is -0.0257. The number of carbonyl (C=O) groups excluding carboxylic acids is 2. The van der Waals surface area contributed by atoms with E-state index in [4.69, 9.17) is 0 Å². The molecule has 1 amide bonds. The zero-order chi connectivity index (χ0) is 17.4. The number of hydrogen-bond acceptors (Lipinski definition) is 4. The molecule has 0 bridgehead atoms. The second-order valence-electron chi connectivity index (χ2n) is 6.37. The van der Waals surface area contributed by atoms with Crippen molar-refractivity contribution in [3.8, 4) is 0 Å². The third-order valence-corrected chi connectivity index (χ3v) is 5.62. The number of carbonyl (C=O) groups is 2. The van der Waals surface area contributed by atoms with Crippen molar-refractivity contribution in [3.63, 3.8) is 0 Å². The summed E-state index contributed by atoms with van der Waals surface area (Å²) >= 11 is 1.34. The van der Waals surface area contributed by atoms with Gasteiger partial charge in [0.15, 0.2) is 0 Å². The standard InChI is InChI=1S/C19H19N3O2S/c1-21-6-8-22(9-7-21)19(24)13-10-17(25-12-13)18(23)15-11-20-16-5-3-2-4-14(15)16/h2-5,10-12,20H,6-9H2,1H3. The number of thiophene rings is 1. The summed E-state index contributed by atoms with van der Waals surface area (Å²) in [5.41, 5.74) is 2.20. The van der Waals surface area contributed by atoms with Crippen LogP contribution in [0.25, 0.3) is 10.9 Å². The quantitative estimate of drug-likeness (QED) is 0.737. The highest BCUT2D eigenvalue weighted by Crippen LogP contribution is 2.25. The second-order valence-corrected chi connectivity index (χ2v) is 7.28. The molecule has 0 unspecified atom stereocenters.